The van der Waals surface area contributed by atoms with Crippen molar-refractivity contribution in [2.75, 3.05) is 0 Å². The number of H-pyrrole nitrogens is 1. The molecule has 0 atom stereocenters. The topological polar surface area (TPSA) is 53.1 Å². The van der Waals surface area contributed by atoms with Gasteiger partial charge in [-0.3, -0.25) is 0 Å². The molecule has 0 saturated carbocycles. The van der Waals surface area contributed by atoms with Crippen molar-refractivity contribution in [1.29, 1.82) is 0 Å². The van der Waals surface area contributed by atoms with Crippen LogP contribution in [0, 0.1) is 3.70 Å². The summed E-state index contributed by atoms with van der Waals surface area (Å²) in [5, 5.41) is 8.98. The van der Waals surface area contributed by atoms with E-state index in [9.17, 15) is 4.79 Å². The van der Waals surface area contributed by atoms with E-state index >= 15 is 0 Å². The number of halogens is 1. The zero-order valence-electron chi connectivity index (χ0n) is 7.51. The van der Waals surface area contributed by atoms with Crippen molar-refractivity contribution in [1.82, 2.24) is 4.98 Å². The lowest BCUT2D eigenvalue weighted by atomic mass is 10.1. The summed E-state index contributed by atoms with van der Waals surface area (Å²) < 4.78 is 1.04. The van der Waals surface area contributed by atoms with Crippen LogP contribution in [0.1, 0.15) is 25.0 Å². The number of hydrogen-bond acceptors (Lipinski definition) is 1. The highest BCUT2D eigenvalue weighted by Crippen LogP contribution is 2.33. The molecule has 1 aliphatic carbocycles. The molecule has 1 heterocycles. The van der Waals surface area contributed by atoms with Gasteiger partial charge in [0, 0.05) is 11.3 Å². The van der Waals surface area contributed by atoms with Gasteiger partial charge < -0.3 is 10.1 Å². The van der Waals surface area contributed by atoms with Gasteiger partial charge in [-0.15, -0.1) is 0 Å². The molecule has 3 nitrogen and oxygen atoms in total. The third-order valence-electron chi connectivity index (χ3n) is 2.45. The number of carbonyl (C=O) groups is 1. The summed E-state index contributed by atoms with van der Waals surface area (Å²) in [6.45, 7) is 0. The molecule has 2 N–H and O–H groups in total. The van der Waals surface area contributed by atoms with E-state index in [-0.39, 0.29) is 0 Å². The van der Waals surface area contributed by atoms with Gasteiger partial charge in [-0.2, -0.15) is 0 Å². The molecular weight excluding hydrogens is 293 g/mol. The van der Waals surface area contributed by atoms with Gasteiger partial charge in [0.15, 0.2) is 0 Å². The standard InChI is InChI=1S/C10H10INO2/c11-9-5-4-8(12-9)6-2-1-3-7(6)10(13)14/h4-5,12H,1-3H2,(H,13,14). The summed E-state index contributed by atoms with van der Waals surface area (Å²) in [7, 11) is 0. The van der Waals surface area contributed by atoms with Gasteiger partial charge in [0.1, 0.15) is 0 Å². The Hall–Kier alpha value is -0.780. The zero-order chi connectivity index (χ0) is 10.1. The van der Waals surface area contributed by atoms with Crippen molar-refractivity contribution in [2.24, 2.45) is 0 Å². The van der Waals surface area contributed by atoms with E-state index in [1.54, 1.807) is 0 Å². The Kier molecular flexibility index (Phi) is 2.62. The van der Waals surface area contributed by atoms with E-state index in [0.717, 1.165) is 27.8 Å². The molecule has 0 unspecified atom stereocenters. The van der Waals surface area contributed by atoms with E-state index in [2.05, 4.69) is 27.6 Å². The lowest BCUT2D eigenvalue weighted by molar-refractivity contribution is -0.132. The van der Waals surface area contributed by atoms with Crippen LogP contribution in [0.4, 0.5) is 0 Å². The molecule has 0 bridgehead atoms. The fourth-order valence-electron chi connectivity index (χ4n) is 1.82. The minimum Gasteiger partial charge on any atom is -0.478 e. The van der Waals surface area contributed by atoms with Crippen LogP contribution in [-0.4, -0.2) is 16.1 Å². The van der Waals surface area contributed by atoms with E-state index in [0.29, 0.717) is 12.0 Å². The molecule has 2 rings (SSSR count). The van der Waals surface area contributed by atoms with Crippen LogP contribution in [0.15, 0.2) is 17.7 Å². The number of aromatic amines is 1. The molecule has 0 aliphatic heterocycles. The van der Waals surface area contributed by atoms with E-state index in [1.807, 2.05) is 12.1 Å². The maximum atomic E-state index is 10.9. The third-order valence-corrected chi connectivity index (χ3v) is 3.08. The zero-order valence-corrected chi connectivity index (χ0v) is 9.67. The lowest BCUT2D eigenvalue weighted by Crippen LogP contribution is -1.99. The predicted octanol–water partition coefficient (Wildman–Crippen LogP) is 2.64. The van der Waals surface area contributed by atoms with Crippen molar-refractivity contribution >= 4 is 34.1 Å². The van der Waals surface area contributed by atoms with E-state index in [1.165, 1.54) is 0 Å². The van der Waals surface area contributed by atoms with Gasteiger partial charge in [-0.1, -0.05) is 0 Å². The lowest BCUT2D eigenvalue weighted by Gasteiger charge is -2.00. The first-order valence-corrected chi connectivity index (χ1v) is 5.56. The normalized spacial score (nSPS) is 16.4. The fourth-order valence-corrected chi connectivity index (χ4v) is 2.29. The molecule has 1 aromatic rings. The number of carboxylic acid groups (broad SMARTS) is 1. The quantitative estimate of drug-likeness (QED) is 0.825. The molecule has 0 radical (unpaired) electrons. The summed E-state index contributed by atoms with van der Waals surface area (Å²) in [6, 6.07) is 3.91. The predicted molar refractivity (Wildman–Crippen MR) is 61.9 cm³/mol. The van der Waals surface area contributed by atoms with Gasteiger partial charge in [0.2, 0.25) is 0 Å². The summed E-state index contributed by atoms with van der Waals surface area (Å²) in [4.78, 5) is 14.1. The molecule has 0 spiro atoms. The average molecular weight is 303 g/mol. The Balaban J connectivity index is 2.42. The highest BCUT2D eigenvalue weighted by Gasteiger charge is 2.21. The first-order valence-electron chi connectivity index (χ1n) is 4.48. The highest BCUT2D eigenvalue weighted by molar-refractivity contribution is 14.1. The molecule has 0 amide bonds. The second-order valence-electron chi connectivity index (χ2n) is 3.34. The molecular formula is C10H10INO2. The van der Waals surface area contributed by atoms with Crippen LogP contribution in [0.25, 0.3) is 5.57 Å². The largest absolute Gasteiger partial charge is 0.478 e. The molecule has 74 valence electrons. The maximum absolute atomic E-state index is 10.9. The minimum atomic E-state index is -0.776. The Morgan fingerprint density at radius 3 is 2.79 bits per heavy atom. The van der Waals surface area contributed by atoms with Crippen molar-refractivity contribution in [3.63, 3.8) is 0 Å². The van der Waals surface area contributed by atoms with Gasteiger partial charge in [0.25, 0.3) is 0 Å². The van der Waals surface area contributed by atoms with Crippen LogP contribution in [0.5, 0.6) is 0 Å². The minimum absolute atomic E-state index is 0.572. The molecule has 0 fully saturated rings. The SMILES string of the molecule is O=C(O)C1=C(c2ccc(I)[nH]2)CCC1. The number of allylic oxidation sites excluding steroid dienone is 1. The van der Waals surface area contributed by atoms with Crippen molar-refractivity contribution in [3.8, 4) is 0 Å². The fraction of sp³-hybridized carbons (Fsp3) is 0.300. The molecule has 0 saturated heterocycles. The maximum Gasteiger partial charge on any atom is 0.331 e. The number of nitrogens with one attached hydrogen (secondary N) is 1. The monoisotopic (exact) mass is 303 g/mol. The van der Waals surface area contributed by atoms with Crippen molar-refractivity contribution in [2.45, 2.75) is 19.3 Å². The van der Waals surface area contributed by atoms with Crippen LogP contribution >= 0.6 is 22.6 Å². The van der Waals surface area contributed by atoms with E-state index < -0.39 is 5.97 Å². The molecule has 14 heavy (non-hydrogen) atoms. The smallest absolute Gasteiger partial charge is 0.331 e. The molecule has 0 aromatic carbocycles. The Morgan fingerprint density at radius 2 is 2.21 bits per heavy atom. The van der Waals surface area contributed by atoms with E-state index in [4.69, 9.17) is 5.11 Å². The number of rotatable bonds is 2. The second-order valence-corrected chi connectivity index (χ2v) is 4.50. The van der Waals surface area contributed by atoms with Crippen LogP contribution in [-0.2, 0) is 4.79 Å². The van der Waals surface area contributed by atoms with Crippen LogP contribution < -0.4 is 0 Å². The summed E-state index contributed by atoms with van der Waals surface area (Å²) in [5.41, 5.74) is 2.51. The third kappa shape index (κ3) is 1.70. The first kappa shape index (κ1) is 9.76. The number of carboxylic acids is 1. The van der Waals surface area contributed by atoms with Gasteiger partial charge in [-0.25, -0.2) is 4.79 Å². The molecule has 1 aromatic heterocycles. The Morgan fingerprint density at radius 1 is 1.43 bits per heavy atom. The summed E-state index contributed by atoms with van der Waals surface area (Å²) in [6.07, 6.45) is 2.52. The second kappa shape index (κ2) is 3.76. The van der Waals surface area contributed by atoms with Crippen molar-refractivity contribution < 1.29 is 9.90 Å². The van der Waals surface area contributed by atoms with Crippen molar-refractivity contribution in [3.05, 3.63) is 27.1 Å². The number of hydrogen-bond donors (Lipinski definition) is 2. The van der Waals surface area contributed by atoms with Crippen LogP contribution in [0.3, 0.4) is 0 Å². The van der Waals surface area contributed by atoms with Crippen LogP contribution in [0.2, 0.25) is 0 Å². The highest BCUT2D eigenvalue weighted by atomic mass is 127. The number of aromatic nitrogens is 1. The average Bonchev–Trinajstić information content (AvgIpc) is 2.70. The summed E-state index contributed by atoms with van der Waals surface area (Å²) in [5.74, 6) is -0.776. The summed E-state index contributed by atoms with van der Waals surface area (Å²) >= 11 is 2.19. The molecule has 1 aliphatic rings. The Bertz CT molecular complexity index is 406. The first-order chi connectivity index (χ1) is 6.68. The number of aliphatic carboxylic acids is 1. The molecule has 4 heteroatoms. The van der Waals surface area contributed by atoms with Gasteiger partial charge >= 0.3 is 5.97 Å². The van der Waals surface area contributed by atoms with Gasteiger partial charge in [-0.05, 0) is 59.6 Å². The Labute approximate surface area is 95.4 Å². The van der Waals surface area contributed by atoms with Gasteiger partial charge in [0.05, 0.1) is 3.70 Å².